The fourth-order valence-electron chi connectivity index (χ4n) is 3.76. The molecule has 0 bridgehead atoms. The zero-order chi connectivity index (χ0) is 21.1. The van der Waals surface area contributed by atoms with Gasteiger partial charge in [-0.15, -0.1) is 0 Å². The van der Waals surface area contributed by atoms with Crippen LogP contribution in [0.5, 0.6) is 5.75 Å². The summed E-state index contributed by atoms with van der Waals surface area (Å²) >= 11 is 0. The number of urea groups is 1. The number of primary amides is 1. The number of para-hydroxylation sites is 2. The van der Waals surface area contributed by atoms with Gasteiger partial charge in [-0.2, -0.15) is 0 Å². The summed E-state index contributed by atoms with van der Waals surface area (Å²) in [5.74, 6) is 0.387. The summed E-state index contributed by atoms with van der Waals surface area (Å²) in [5.41, 5.74) is 9.50. The first kappa shape index (κ1) is 19.5. The van der Waals surface area contributed by atoms with E-state index >= 15 is 0 Å². The maximum Gasteiger partial charge on any atom is 0.323 e. The SMILES string of the molecule is COc1ccc(CC(=O)OC2Cc3ccccc3N(C(N)=O)c3ccccc32)cc1. The minimum absolute atomic E-state index is 0.143. The molecule has 6 nitrogen and oxygen atoms in total. The van der Waals surface area contributed by atoms with E-state index in [1.165, 1.54) is 4.90 Å². The number of hydrogen-bond acceptors (Lipinski definition) is 4. The summed E-state index contributed by atoms with van der Waals surface area (Å²) in [4.78, 5) is 26.5. The lowest BCUT2D eigenvalue weighted by Crippen LogP contribution is -2.32. The van der Waals surface area contributed by atoms with Crippen LogP contribution in [-0.2, 0) is 22.4 Å². The summed E-state index contributed by atoms with van der Waals surface area (Å²) in [7, 11) is 1.60. The molecule has 0 aromatic heterocycles. The van der Waals surface area contributed by atoms with Crippen LogP contribution in [0.1, 0.15) is 22.8 Å². The van der Waals surface area contributed by atoms with E-state index in [2.05, 4.69) is 0 Å². The number of methoxy groups -OCH3 is 1. The maximum absolute atomic E-state index is 12.7. The highest BCUT2D eigenvalue weighted by molar-refractivity contribution is 6.00. The highest BCUT2D eigenvalue weighted by Crippen LogP contribution is 2.41. The van der Waals surface area contributed by atoms with Gasteiger partial charge < -0.3 is 15.2 Å². The Morgan fingerprint density at radius 1 is 0.967 bits per heavy atom. The van der Waals surface area contributed by atoms with E-state index in [1.54, 1.807) is 7.11 Å². The predicted octanol–water partition coefficient (Wildman–Crippen LogP) is 4.30. The van der Waals surface area contributed by atoms with E-state index in [1.807, 2.05) is 72.8 Å². The average Bonchev–Trinajstić information content (AvgIpc) is 2.88. The lowest BCUT2D eigenvalue weighted by molar-refractivity contribution is -0.148. The molecule has 0 aliphatic carbocycles. The fourth-order valence-corrected chi connectivity index (χ4v) is 3.76. The molecule has 0 saturated heterocycles. The van der Waals surface area contributed by atoms with Crippen LogP contribution in [0.3, 0.4) is 0 Å². The molecule has 2 N–H and O–H groups in total. The van der Waals surface area contributed by atoms with E-state index in [4.69, 9.17) is 15.2 Å². The predicted molar refractivity (Wildman–Crippen MR) is 114 cm³/mol. The molecule has 152 valence electrons. The van der Waals surface area contributed by atoms with E-state index in [9.17, 15) is 9.59 Å². The van der Waals surface area contributed by atoms with Gasteiger partial charge in [0.1, 0.15) is 11.9 Å². The lowest BCUT2D eigenvalue weighted by atomic mass is 10.0. The minimum Gasteiger partial charge on any atom is -0.497 e. The molecule has 0 radical (unpaired) electrons. The Labute approximate surface area is 174 Å². The molecule has 1 aliphatic heterocycles. The Bertz CT molecular complexity index is 1080. The molecule has 1 unspecified atom stereocenters. The normalized spacial score (nSPS) is 14.8. The number of hydrogen-bond donors (Lipinski definition) is 1. The number of carbonyl (C=O) groups excluding carboxylic acids is 2. The van der Waals surface area contributed by atoms with Gasteiger partial charge in [0.15, 0.2) is 0 Å². The van der Waals surface area contributed by atoms with Crippen molar-refractivity contribution in [2.45, 2.75) is 18.9 Å². The maximum atomic E-state index is 12.7. The van der Waals surface area contributed by atoms with Gasteiger partial charge in [-0.3, -0.25) is 9.69 Å². The van der Waals surface area contributed by atoms with Gasteiger partial charge in [0.2, 0.25) is 0 Å². The molecule has 0 saturated carbocycles. The van der Waals surface area contributed by atoms with Crippen LogP contribution < -0.4 is 15.4 Å². The first-order chi connectivity index (χ1) is 14.6. The smallest absolute Gasteiger partial charge is 0.323 e. The lowest BCUT2D eigenvalue weighted by Gasteiger charge is -2.23. The number of nitrogens with zero attached hydrogens (tertiary/aromatic N) is 1. The van der Waals surface area contributed by atoms with Crippen LogP contribution in [0.15, 0.2) is 72.8 Å². The summed E-state index contributed by atoms with van der Waals surface area (Å²) in [6.45, 7) is 0. The third-order valence-electron chi connectivity index (χ3n) is 5.16. The number of anilines is 2. The van der Waals surface area contributed by atoms with Crippen LogP contribution in [0.4, 0.5) is 16.2 Å². The second-order valence-electron chi connectivity index (χ2n) is 7.07. The molecule has 0 fully saturated rings. The number of rotatable bonds is 4. The van der Waals surface area contributed by atoms with Gasteiger partial charge in [0, 0.05) is 12.0 Å². The standard InChI is InChI=1S/C24H22N2O4/c1-29-18-12-10-16(11-13-18)14-23(27)30-22-15-17-6-2-4-8-20(17)26(24(25)28)21-9-5-3-7-19(21)22/h2-13,22H,14-15H2,1H3,(H2,25,28). The molecule has 2 amide bonds. The van der Waals surface area contributed by atoms with Crippen LogP contribution in [0.25, 0.3) is 0 Å². The van der Waals surface area contributed by atoms with Crippen molar-refractivity contribution in [3.05, 3.63) is 89.5 Å². The fraction of sp³-hybridized carbons (Fsp3) is 0.167. The van der Waals surface area contributed by atoms with Crippen molar-refractivity contribution in [1.29, 1.82) is 0 Å². The van der Waals surface area contributed by atoms with Gasteiger partial charge in [-0.05, 0) is 35.4 Å². The molecule has 1 heterocycles. The van der Waals surface area contributed by atoms with Crippen molar-refractivity contribution in [3.63, 3.8) is 0 Å². The number of amides is 2. The Morgan fingerprint density at radius 3 is 2.33 bits per heavy atom. The molecule has 6 heteroatoms. The summed E-state index contributed by atoms with van der Waals surface area (Å²) in [6.07, 6.45) is 0.0623. The summed E-state index contributed by atoms with van der Waals surface area (Å²) < 4.78 is 11.0. The molecule has 1 atom stereocenters. The molecular formula is C24H22N2O4. The first-order valence-electron chi connectivity index (χ1n) is 9.65. The van der Waals surface area contributed by atoms with Gasteiger partial charge in [0.05, 0.1) is 24.9 Å². The van der Waals surface area contributed by atoms with Crippen LogP contribution >= 0.6 is 0 Å². The van der Waals surface area contributed by atoms with Gasteiger partial charge >= 0.3 is 12.0 Å². The number of esters is 1. The average molecular weight is 402 g/mol. The molecule has 1 aliphatic rings. The van der Waals surface area contributed by atoms with Crippen molar-refractivity contribution >= 4 is 23.4 Å². The van der Waals surface area contributed by atoms with Crippen molar-refractivity contribution in [2.24, 2.45) is 5.73 Å². The molecule has 0 spiro atoms. The first-order valence-corrected chi connectivity index (χ1v) is 9.65. The van der Waals surface area contributed by atoms with E-state index < -0.39 is 12.1 Å². The van der Waals surface area contributed by atoms with Crippen molar-refractivity contribution in [2.75, 3.05) is 12.0 Å². The second kappa shape index (κ2) is 8.29. The summed E-state index contributed by atoms with van der Waals surface area (Å²) in [5, 5.41) is 0. The topological polar surface area (TPSA) is 81.9 Å². The number of carbonyl (C=O) groups is 2. The Kier molecular flexibility index (Phi) is 5.39. The summed E-state index contributed by atoms with van der Waals surface area (Å²) in [6, 6.07) is 21.6. The number of benzene rings is 3. The third-order valence-corrected chi connectivity index (χ3v) is 5.16. The largest absolute Gasteiger partial charge is 0.497 e. The van der Waals surface area contributed by atoms with Crippen molar-refractivity contribution in [1.82, 2.24) is 0 Å². The molecule has 3 aromatic carbocycles. The minimum atomic E-state index is -0.583. The van der Waals surface area contributed by atoms with Crippen LogP contribution in [0.2, 0.25) is 0 Å². The molecular weight excluding hydrogens is 380 g/mol. The van der Waals surface area contributed by atoms with Gasteiger partial charge in [-0.1, -0.05) is 48.5 Å². The van der Waals surface area contributed by atoms with Crippen LogP contribution in [-0.4, -0.2) is 19.1 Å². The van der Waals surface area contributed by atoms with E-state index in [0.717, 1.165) is 22.4 Å². The second-order valence-corrected chi connectivity index (χ2v) is 7.07. The third kappa shape index (κ3) is 3.85. The molecule has 4 rings (SSSR count). The Balaban J connectivity index is 1.64. The van der Waals surface area contributed by atoms with Crippen molar-refractivity contribution < 1.29 is 19.1 Å². The Morgan fingerprint density at radius 2 is 1.63 bits per heavy atom. The van der Waals surface area contributed by atoms with Crippen LogP contribution in [0, 0.1) is 0 Å². The van der Waals surface area contributed by atoms with Crippen molar-refractivity contribution in [3.8, 4) is 5.75 Å². The monoisotopic (exact) mass is 402 g/mol. The Hall–Kier alpha value is -3.80. The van der Waals surface area contributed by atoms with Gasteiger partial charge in [-0.25, -0.2) is 4.79 Å². The zero-order valence-electron chi connectivity index (χ0n) is 16.6. The molecule has 30 heavy (non-hydrogen) atoms. The zero-order valence-corrected chi connectivity index (χ0v) is 16.6. The number of ether oxygens (including phenoxy) is 2. The number of nitrogens with two attached hydrogens (primary N) is 1. The number of fused-ring (bicyclic) bond motifs is 2. The van der Waals surface area contributed by atoms with Gasteiger partial charge in [0.25, 0.3) is 0 Å². The quantitative estimate of drug-likeness (QED) is 0.660. The van der Waals surface area contributed by atoms with E-state index in [-0.39, 0.29) is 12.4 Å². The highest BCUT2D eigenvalue weighted by atomic mass is 16.5. The molecule has 3 aromatic rings. The highest BCUT2D eigenvalue weighted by Gasteiger charge is 2.31. The van der Waals surface area contributed by atoms with E-state index in [0.29, 0.717) is 17.8 Å².